The SMILES string of the molecule is CC#CCNCC(O)c1cccc(F)c1. The molecule has 2 N–H and O–H groups in total. The first-order chi connectivity index (χ1) is 7.24. The summed E-state index contributed by atoms with van der Waals surface area (Å²) >= 11 is 0. The van der Waals surface area contributed by atoms with E-state index in [0.29, 0.717) is 18.7 Å². The molecule has 0 aliphatic carbocycles. The molecule has 0 bridgehead atoms. The Kier molecular flexibility index (Phi) is 4.82. The maximum absolute atomic E-state index is 12.8. The fourth-order valence-corrected chi connectivity index (χ4v) is 1.19. The van der Waals surface area contributed by atoms with Gasteiger partial charge in [0.15, 0.2) is 0 Å². The third-order valence-corrected chi connectivity index (χ3v) is 1.96. The molecule has 0 fully saturated rings. The molecule has 0 spiro atoms. The average molecular weight is 207 g/mol. The Morgan fingerprint density at radius 1 is 1.53 bits per heavy atom. The van der Waals surface area contributed by atoms with Gasteiger partial charge in [-0.15, -0.1) is 5.92 Å². The van der Waals surface area contributed by atoms with Gasteiger partial charge in [0.05, 0.1) is 12.6 Å². The van der Waals surface area contributed by atoms with Crippen molar-refractivity contribution >= 4 is 0 Å². The van der Waals surface area contributed by atoms with Gasteiger partial charge in [-0.05, 0) is 24.6 Å². The molecular weight excluding hydrogens is 193 g/mol. The topological polar surface area (TPSA) is 32.3 Å². The molecule has 0 aliphatic rings. The molecule has 0 radical (unpaired) electrons. The monoisotopic (exact) mass is 207 g/mol. The lowest BCUT2D eigenvalue weighted by molar-refractivity contribution is 0.176. The van der Waals surface area contributed by atoms with E-state index in [4.69, 9.17) is 0 Å². The van der Waals surface area contributed by atoms with E-state index in [9.17, 15) is 9.50 Å². The number of aliphatic hydroxyl groups excluding tert-OH is 1. The van der Waals surface area contributed by atoms with E-state index < -0.39 is 6.10 Å². The Morgan fingerprint density at radius 2 is 2.33 bits per heavy atom. The van der Waals surface area contributed by atoms with Crippen molar-refractivity contribution in [2.75, 3.05) is 13.1 Å². The van der Waals surface area contributed by atoms with Crippen molar-refractivity contribution in [2.45, 2.75) is 13.0 Å². The van der Waals surface area contributed by atoms with Crippen LogP contribution in [0.1, 0.15) is 18.6 Å². The van der Waals surface area contributed by atoms with Crippen LogP contribution in [0.15, 0.2) is 24.3 Å². The summed E-state index contributed by atoms with van der Waals surface area (Å²) in [5, 5.41) is 12.6. The average Bonchev–Trinajstić information content (AvgIpc) is 2.24. The Hall–Kier alpha value is -1.37. The molecule has 15 heavy (non-hydrogen) atoms. The minimum atomic E-state index is -0.695. The van der Waals surface area contributed by atoms with Crippen molar-refractivity contribution < 1.29 is 9.50 Å². The van der Waals surface area contributed by atoms with Crippen LogP contribution in [0, 0.1) is 17.7 Å². The Balaban J connectivity index is 2.45. The minimum absolute atomic E-state index is 0.333. The van der Waals surface area contributed by atoms with Crippen molar-refractivity contribution in [1.82, 2.24) is 5.32 Å². The van der Waals surface area contributed by atoms with Crippen LogP contribution in [0.5, 0.6) is 0 Å². The largest absolute Gasteiger partial charge is 0.387 e. The Morgan fingerprint density at radius 3 is 3.00 bits per heavy atom. The van der Waals surface area contributed by atoms with E-state index in [1.165, 1.54) is 12.1 Å². The molecule has 1 aromatic carbocycles. The van der Waals surface area contributed by atoms with Gasteiger partial charge in [0.25, 0.3) is 0 Å². The molecule has 1 rings (SSSR count). The first kappa shape index (κ1) is 11.7. The number of halogens is 1. The lowest BCUT2D eigenvalue weighted by Crippen LogP contribution is -2.21. The smallest absolute Gasteiger partial charge is 0.123 e. The van der Waals surface area contributed by atoms with Crippen molar-refractivity contribution in [2.24, 2.45) is 0 Å². The van der Waals surface area contributed by atoms with E-state index in [-0.39, 0.29) is 5.82 Å². The van der Waals surface area contributed by atoms with Crippen LogP contribution >= 0.6 is 0 Å². The molecular formula is C12H14FNO. The first-order valence-corrected chi connectivity index (χ1v) is 4.78. The van der Waals surface area contributed by atoms with Gasteiger partial charge in [0.1, 0.15) is 5.82 Å². The van der Waals surface area contributed by atoms with Crippen LogP contribution in [-0.4, -0.2) is 18.2 Å². The van der Waals surface area contributed by atoms with E-state index in [1.807, 2.05) is 0 Å². The summed E-state index contributed by atoms with van der Waals surface area (Å²) in [5.41, 5.74) is 0.576. The highest BCUT2D eigenvalue weighted by molar-refractivity contribution is 5.19. The molecule has 2 nitrogen and oxygen atoms in total. The van der Waals surface area contributed by atoms with Crippen molar-refractivity contribution in [3.05, 3.63) is 35.6 Å². The van der Waals surface area contributed by atoms with E-state index >= 15 is 0 Å². The summed E-state index contributed by atoms with van der Waals surface area (Å²) in [6.07, 6.45) is -0.695. The Bertz CT molecular complexity index is 367. The zero-order valence-corrected chi connectivity index (χ0v) is 8.63. The second-order valence-electron chi connectivity index (χ2n) is 3.13. The number of rotatable bonds is 4. The molecule has 0 aromatic heterocycles. The summed E-state index contributed by atoms with van der Waals surface area (Å²) in [6, 6.07) is 5.96. The van der Waals surface area contributed by atoms with E-state index in [1.54, 1.807) is 19.1 Å². The summed E-state index contributed by atoms with van der Waals surface area (Å²) < 4.78 is 12.8. The normalized spacial score (nSPS) is 11.7. The second kappa shape index (κ2) is 6.18. The molecule has 1 aromatic rings. The lowest BCUT2D eigenvalue weighted by atomic mass is 10.1. The summed E-state index contributed by atoms with van der Waals surface area (Å²) in [5.74, 6) is 5.22. The van der Waals surface area contributed by atoms with Crippen molar-refractivity contribution in [1.29, 1.82) is 0 Å². The number of aliphatic hydroxyl groups is 1. The molecule has 0 saturated heterocycles. The highest BCUT2D eigenvalue weighted by Gasteiger charge is 2.06. The van der Waals surface area contributed by atoms with Crippen LogP contribution in [0.2, 0.25) is 0 Å². The molecule has 0 saturated carbocycles. The molecule has 3 heteroatoms. The third-order valence-electron chi connectivity index (χ3n) is 1.96. The molecule has 0 heterocycles. The predicted molar refractivity (Wildman–Crippen MR) is 57.7 cm³/mol. The zero-order chi connectivity index (χ0) is 11.1. The summed E-state index contributed by atoms with van der Waals surface area (Å²) in [4.78, 5) is 0. The molecule has 1 unspecified atom stereocenters. The van der Waals surface area contributed by atoms with E-state index in [2.05, 4.69) is 17.2 Å². The minimum Gasteiger partial charge on any atom is -0.387 e. The molecule has 80 valence electrons. The standard InChI is InChI=1S/C12H14FNO/c1-2-3-7-14-9-12(15)10-5-4-6-11(13)8-10/h4-6,8,12,14-15H,7,9H2,1H3. The van der Waals surface area contributed by atoms with Crippen LogP contribution in [-0.2, 0) is 0 Å². The number of hydrogen-bond acceptors (Lipinski definition) is 2. The second-order valence-corrected chi connectivity index (χ2v) is 3.13. The number of nitrogens with one attached hydrogen (secondary N) is 1. The number of benzene rings is 1. The van der Waals surface area contributed by atoms with Gasteiger partial charge in [0.2, 0.25) is 0 Å². The van der Waals surface area contributed by atoms with Crippen LogP contribution in [0.3, 0.4) is 0 Å². The number of hydrogen-bond donors (Lipinski definition) is 2. The maximum atomic E-state index is 12.8. The highest BCUT2D eigenvalue weighted by atomic mass is 19.1. The fourth-order valence-electron chi connectivity index (χ4n) is 1.19. The van der Waals surface area contributed by atoms with Crippen LogP contribution < -0.4 is 5.32 Å². The first-order valence-electron chi connectivity index (χ1n) is 4.78. The van der Waals surface area contributed by atoms with Gasteiger partial charge in [-0.25, -0.2) is 4.39 Å². The maximum Gasteiger partial charge on any atom is 0.123 e. The van der Waals surface area contributed by atoms with Gasteiger partial charge in [-0.3, -0.25) is 0 Å². The highest BCUT2D eigenvalue weighted by Crippen LogP contribution is 2.12. The van der Waals surface area contributed by atoms with Crippen LogP contribution in [0.25, 0.3) is 0 Å². The zero-order valence-electron chi connectivity index (χ0n) is 8.63. The van der Waals surface area contributed by atoms with Gasteiger partial charge in [0, 0.05) is 6.54 Å². The van der Waals surface area contributed by atoms with Gasteiger partial charge in [-0.1, -0.05) is 18.1 Å². The quantitative estimate of drug-likeness (QED) is 0.579. The molecule has 0 amide bonds. The molecule has 1 atom stereocenters. The lowest BCUT2D eigenvalue weighted by Gasteiger charge is -2.10. The molecule has 0 aliphatic heterocycles. The predicted octanol–water partition coefficient (Wildman–Crippen LogP) is 1.47. The van der Waals surface area contributed by atoms with Gasteiger partial charge >= 0.3 is 0 Å². The van der Waals surface area contributed by atoms with Crippen molar-refractivity contribution in [3.63, 3.8) is 0 Å². The summed E-state index contributed by atoms with van der Waals surface area (Å²) in [6.45, 7) is 2.66. The van der Waals surface area contributed by atoms with E-state index in [0.717, 1.165) is 0 Å². The fraction of sp³-hybridized carbons (Fsp3) is 0.333. The summed E-state index contributed by atoms with van der Waals surface area (Å²) in [7, 11) is 0. The van der Waals surface area contributed by atoms with Gasteiger partial charge < -0.3 is 10.4 Å². The van der Waals surface area contributed by atoms with Crippen molar-refractivity contribution in [3.8, 4) is 11.8 Å². The van der Waals surface area contributed by atoms with Gasteiger partial charge in [-0.2, -0.15) is 0 Å². The van der Waals surface area contributed by atoms with Crippen LogP contribution in [0.4, 0.5) is 4.39 Å². The Labute approximate surface area is 89.1 Å². The third kappa shape index (κ3) is 4.11.